The molecule has 1 atom stereocenters. The molecule has 2 aliphatic rings. The average Bonchev–Trinajstić information content (AvgIpc) is 3.27. The minimum absolute atomic E-state index is 0.0751. The first-order valence-electron chi connectivity index (χ1n) is 9.10. The zero-order valence-electron chi connectivity index (χ0n) is 14.4. The molecule has 1 unspecified atom stereocenters. The molecule has 1 saturated heterocycles. The van der Waals surface area contributed by atoms with Gasteiger partial charge < -0.3 is 10.2 Å². The zero-order chi connectivity index (χ0) is 17.5. The topological polar surface area (TPSA) is 86.8 Å². The molecule has 0 bridgehead atoms. The SMILES string of the molecule is O=C(NC1CCN(c2nccc(C3CC3)n2)C1)c1n[nH]c2ccccc12. The monoisotopic (exact) mass is 348 g/mol. The van der Waals surface area contributed by atoms with Crippen LogP contribution in [-0.2, 0) is 0 Å². The van der Waals surface area contributed by atoms with Crippen molar-refractivity contribution in [1.82, 2.24) is 25.5 Å². The fourth-order valence-corrected chi connectivity index (χ4v) is 3.57. The van der Waals surface area contributed by atoms with Crippen LogP contribution in [0.1, 0.15) is 41.4 Å². The van der Waals surface area contributed by atoms with Crippen molar-refractivity contribution >= 4 is 22.8 Å². The third kappa shape index (κ3) is 2.79. The lowest BCUT2D eigenvalue weighted by Gasteiger charge is -2.17. The number of benzene rings is 1. The number of nitrogens with one attached hydrogen (secondary N) is 2. The molecule has 3 heterocycles. The number of rotatable bonds is 4. The highest BCUT2D eigenvalue weighted by molar-refractivity contribution is 6.04. The molecule has 26 heavy (non-hydrogen) atoms. The molecule has 5 rings (SSSR count). The van der Waals surface area contributed by atoms with E-state index in [0.717, 1.165) is 42.1 Å². The highest BCUT2D eigenvalue weighted by atomic mass is 16.2. The molecule has 7 nitrogen and oxygen atoms in total. The van der Waals surface area contributed by atoms with Crippen molar-refractivity contribution in [3.05, 3.63) is 47.9 Å². The van der Waals surface area contributed by atoms with Crippen molar-refractivity contribution < 1.29 is 4.79 Å². The van der Waals surface area contributed by atoms with Crippen molar-refractivity contribution in [2.24, 2.45) is 0 Å². The van der Waals surface area contributed by atoms with Gasteiger partial charge in [0.25, 0.3) is 5.91 Å². The smallest absolute Gasteiger partial charge is 0.272 e. The lowest BCUT2D eigenvalue weighted by atomic mass is 10.2. The number of hydrogen-bond acceptors (Lipinski definition) is 5. The van der Waals surface area contributed by atoms with E-state index in [2.05, 4.69) is 25.4 Å². The first-order valence-corrected chi connectivity index (χ1v) is 9.10. The highest BCUT2D eigenvalue weighted by Crippen LogP contribution is 2.39. The van der Waals surface area contributed by atoms with Gasteiger partial charge >= 0.3 is 0 Å². The van der Waals surface area contributed by atoms with E-state index in [-0.39, 0.29) is 11.9 Å². The van der Waals surface area contributed by atoms with Crippen molar-refractivity contribution in [1.29, 1.82) is 0 Å². The fourth-order valence-electron chi connectivity index (χ4n) is 3.57. The predicted octanol–water partition coefficient (Wildman–Crippen LogP) is 2.24. The molecule has 132 valence electrons. The van der Waals surface area contributed by atoms with Crippen LogP contribution in [0.5, 0.6) is 0 Å². The number of anilines is 1. The second-order valence-corrected chi connectivity index (χ2v) is 7.08. The van der Waals surface area contributed by atoms with Gasteiger partial charge in [0.1, 0.15) is 0 Å². The Morgan fingerprint density at radius 3 is 2.96 bits per heavy atom. The van der Waals surface area contributed by atoms with Crippen molar-refractivity contribution in [3.8, 4) is 0 Å². The first kappa shape index (κ1) is 15.3. The fraction of sp³-hybridized carbons (Fsp3) is 0.368. The molecule has 1 amide bonds. The van der Waals surface area contributed by atoms with E-state index in [1.54, 1.807) is 0 Å². The number of nitrogens with zero attached hydrogens (tertiary/aromatic N) is 4. The molecule has 1 saturated carbocycles. The van der Waals surface area contributed by atoms with Gasteiger partial charge in [0.05, 0.1) is 5.52 Å². The third-order valence-corrected chi connectivity index (χ3v) is 5.15. The second-order valence-electron chi connectivity index (χ2n) is 7.08. The average molecular weight is 348 g/mol. The van der Waals surface area contributed by atoms with Gasteiger partial charge in [-0.15, -0.1) is 0 Å². The van der Waals surface area contributed by atoms with Crippen molar-refractivity contribution in [3.63, 3.8) is 0 Å². The van der Waals surface area contributed by atoms with Crippen LogP contribution in [-0.4, -0.2) is 45.2 Å². The van der Waals surface area contributed by atoms with E-state index in [1.165, 1.54) is 12.8 Å². The molecule has 0 spiro atoms. The molecule has 2 N–H and O–H groups in total. The van der Waals surface area contributed by atoms with Crippen LogP contribution in [0, 0.1) is 0 Å². The molecular formula is C19H20N6O. The van der Waals surface area contributed by atoms with Crippen molar-refractivity contribution in [2.75, 3.05) is 18.0 Å². The van der Waals surface area contributed by atoms with E-state index >= 15 is 0 Å². The quantitative estimate of drug-likeness (QED) is 0.755. The van der Waals surface area contributed by atoms with Gasteiger partial charge in [-0.1, -0.05) is 18.2 Å². The second kappa shape index (κ2) is 6.09. The minimum Gasteiger partial charge on any atom is -0.346 e. The lowest BCUT2D eigenvalue weighted by Crippen LogP contribution is -2.37. The largest absolute Gasteiger partial charge is 0.346 e. The summed E-state index contributed by atoms with van der Waals surface area (Å²) < 4.78 is 0. The molecule has 7 heteroatoms. The Bertz CT molecular complexity index is 963. The Hall–Kier alpha value is -2.96. The number of para-hydroxylation sites is 1. The van der Waals surface area contributed by atoms with Crippen LogP contribution in [0.3, 0.4) is 0 Å². The normalized spacial score (nSPS) is 19.8. The lowest BCUT2D eigenvalue weighted by molar-refractivity contribution is 0.0937. The summed E-state index contributed by atoms with van der Waals surface area (Å²) in [6.07, 6.45) is 5.18. The molecule has 0 radical (unpaired) electrons. The third-order valence-electron chi connectivity index (χ3n) is 5.15. The van der Waals surface area contributed by atoms with Gasteiger partial charge in [-0.3, -0.25) is 9.89 Å². The highest BCUT2D eigenvalue weighted by Gasteiger charge is 2.29. The molecule has 3 aromatic rings. The van der Waals surface area contributed by atoms with Gasteiger partial charge in [-0.2, -0.15) is 5.10 Å². The van der Waals surface area contributed by atoms with Gasteiger partial charge in [-0.05, 0) is 31.4 Å². The van der Waals surface area contributed by atoms with Crippen LogP contribution in [0.2, 0.25) is 0 Å². The summed E-state index contributed by atoms with van der Waals surface area (Å²) in [7, 11) is 0. The molecule has 2 fully saturated rings. The summed E-state index contributed by atoms with van der Waals surface area (Å²) in [6.45, 7) is 1.57. The maximum atomic E-state index is 12.6. The zero-order valence-corrected chi connectivity index (χ0v) is 14.4. The predicted molar refractivity (Wildman–Crippen MR) is 98.2 cm³/mol. The van der Waals surface area contributed by atoms with Crippen LogP contribution >= 0.6 is 0 Å². The van der Waals surface area contributed by atoms with Crippen LogP contribution in [0.25, 0.3) is 10.9 Å². The van der Waals surface area contributed by atoms with E-state index in [0.29, 0.717) is 11.6 Å². The minimum atomic E-state index is -0.137. The van der Waals surface area contributed by atoms with Gasteiger partial charge in [0.15, 0.2) is 5.69 Å². The Morgan fingerprint density at radius 2 is 2.08 bits per heavy atom. The summed E-state index contributed by atoms with van der Waals surface area (Å²) in [4.78, 5) is 23.9. The maximum Gasteiger partial charge on any atom is 0.272 e. The standard InChI is InChI=1S/C19H20N6O/c26-18(17-14-3-1-2-4-16(14)23-24-17)21-13-8-10-25(11-13)19-20-9-7-15(22-19)12-5-6-12/h1-4,7,9,12-13H,5-6,8,10-11H2,(H,21,26)(H,23,24). The van der Waals surface area contributed by atoms with Crippen LogP contribution < -0.4 is 10.2 Å². The number of aromatic amines is 1. The Balaban J connectivity index is 1.27. The summed E-state index contributed by atoms with van der Waals surface area (Å²) in [5.74, 6) is 1.25. The number of aromatic nitrogens is 4. The summed E-state index contributed by atoms with van der Waals surface area (Å²) in [5, 5.41) is 11.0. The number of amides is 1. The van der Waals surface area contributed by atoms with Crippen LogP contribution in [0.4, 0.5) is 5.95 Å². The van der Waals surface area contributed by atoms with E-state index < -0.39 is 0 Å². The summed E-state index contributed by atoms with van der Waals surface area (Å²) in [6, 6.07) is 9.75. The Morgan fingerprint density at radius 1 is 1.19 bits per heavy atom. The van der Waals surface area contributed by atoms with Gasteiger partial charge in [-0.25, -0.2) is 9.97 Å². The van der Waals surface area contributed by atoms with Crippen LogP contribution in [0.15, 0.2) is 36.5 Å². The Labute approximate surface area is 150 Å². The molecular weight excluding hydrogens is 328 g/mol. The van der Waals surface area contributed by atoms with Crippen molar-refractivity contribution in [2.45, 2.75) is 31.2 Å². The van der Waals surface area contributed by atoms with Gasteiger partial charge in [0.2, 0.25) is 5.95 Å². The number of carbonyl (C=O) groups excluding carboxylic acids is 1. The molecule has 1 aromatic carbocycles. The number of carbonyl (C=O) groups is 1. The number of fused-ring (bicyclic) bond motifs is 1. The van der Waals surface area contributed by atoms with E-state index in [1.807, 2.05) is 36.5 Å². The number of hydrogen-bond donors (Lipinski definition) is 2. The molecule has 1 aliphatic heterocycles. The summed E-state index contributed by atoms with van der Waals surface area (Å²) in [5.41, 5.74) is 2.47. The van der Waals surface area contributed by atoms with Gasteiger partial charge in [0, 0.05) is 42.3 Å². The van der Waals surface area contributed by atoms with E-state index in [4.69, 9.17) is 4.98 Å². The summed E-state index contributed by atoms with van der Waals surface area (Å²) >= 11 is 0. The number of H-pyrrole nitrogens is 1. The molecule has 2 aromatic heterocycles. The first-order chi connectivity index (χ1) is 12.8. The molecule has 1 aliphatic carbocycles. The Kier molecular flexibility index (Phi) is 3.58. The van der Waals surface area contributed by atoms with E-state index in [9.17, 15) is 4.79 Å². The maximum absolute atomic E-state index is 12.6.